The Morgan fingerprint density at radius 2 is 2.00 bits per heavy atom. The third kappa shape index (κ3) is 4.37. The number of hydrogen-bond donors (Lipinski definition) is 1. The van der Waals surface area contributed by atoms with E-state index in [1.165, 1.54) is 0 Å². The fourth-order valence-corrected chi connectivity index (χ4v) is 2.74. The summed E-state index contributed by atoms with van der Waals surface area (Å²) in [6.45, 7) is 1.31. The highest BCUT2D eigenvalue weighted by atomic mass is 35.5. The van der Waals surface area contributed by atoms with E-state index >= 15 is 0 Å². The number of likely N-dealkylation sites (tertiary alicyclic amines) is 1. The van der Waals surface area contributed by atoms with Crippen molar-refractivity contribution in [3.8, 4) is 5.75 Å². The van der Waals surface area contributed by atoms with Crippen molar-refractivity contribution in [3.05, 3.63) is 29.8 Å². The summed E-state index contributed by atoms with van der Waals surface area (Å²) in [4.78, 5) is 25.5. The molecular formula is C16H21ClN2O3. The molecule has 1 aromatic carbocycles. The molecular weight excluding hydrogens is 304 g/mol. The summed E-state index contributed by atoms with van der Waals surface area (Å²) in [6, 6.07) is 7.67. The minimum Gasteiger partial charge on any atom is -0.496 e. The summed E-state index contributed by atoms with van der Waals surface area (Å²) in [6.07, 6.45) is 1.86. The van der Waals surface area contributed by atoms with E-state index in [1.54, 1.807) is 7.11 Å². The number of rotatable bonds is 5. The Balaban J connectivity index is 1.86. The molecule has 2 amide bonds. The first kappa shape index (κ1) is 16.6. The van der Waals surface area contributed by atoms with Crippen molar-refractivity contribution >= 4 is 23.4 Å². The predicted octanol–water partition coefficient (Wildman–Crippen LogP) is 1.58. The van der Waals surface area contributed by atoms with Crippen molar-refractivity contribution in [1.82, 2.24) is 10.2 Å². The number of carbonyl (C=O) groups excluding carboxylic acids is 2. The van der Waals surface area contributed by atoms with Crippen LogP contribution >= 0.6 is 11.6 Å². The Morgan fingerprint density at radius 1 is 1.32 bits per heavy atom. The zero-order valence-electron chi connectivity index (χ0n) is 12.7. The predicted molar refractivity (Wildman–Crippen MR) is 85.2 cm³/mol. The number of methoxy groups -OCH3 is 1. The van der Waals surface area contributed by atoms with Gasteiger partial charge in [0.05, 0.1) is 13.5 Å². The second kappa shape index (κ2) is 8.03. The minimum absolute atomic E-state index is 0.0209. The van der Waals surface area contributed by atoms with Crippen LogP contribution in [0.25, 0.3) is 0 Å². The van der Waals surface area contributed by atoms with Crippen LogP contribution in [0.3, 0.4) is 0 Å². The Morgan fingerprint density at radius 3 is 2.64 bits per heavy atom. The number of nitrogens with one attached hydrogen (secondary N) is 1. The Kier molecular flexibility index (Phi) is 6.07. The zero-order valence-corrected chi connectivity index (χ0v) is 13.4. The molecule has 1 aromatic rings. The van der Waals surface area contributed by atoms with Crippen LogP contribution in [-0.2, 0) is 16.0 Å². The fraction of sp³-hybridized carbons (Fsp3) is 0.500. The molecule has 1 heterocycles. The average molecular weight is 325 g/mol. The second-order valence-corrected chi connectivity index (χ2v) is 5.61. The van der Waals surface area contributed by atoms with Crippen molar-refractivity contribution in [2.75, 3.05) is 26.1 Å². The molecule has 120 valence electrons. The number of alkyl halides is 1. The summed E-state index contributed by atoms with van der Waals surface area (Å²) < 4.78 is 5.28. The standard InChI is InChI=1S/C16H21ClN2O3/c1-22-14-5-3-2-4-12(14)10-16(21)19-8-6-13(7-9-19)18-15(20)11-17/h2-5,13H,6-11H2,1H3,(H,18,20). The number of para-hydroxylation sites is 1. The van der Waals surface area contributed by atoms with Gasteiger partial charge in [0, 0.05) is 24.7 Å². The molecule has 1 aliphatic rings. The Hall–Kier alpha value is -1.75. The third-order valence-corrected chi connectivity index (χ3v) is 4.11. The van der Waals surface area contributed by atoms with Gasteiger partial charge in [0.1, 0.15) is 11.6 Å². The van der Waals surface area contributed by atoms with Gasteiger partial charge < -0.3 is 15.0 Å². The maximum absolute atomic E-state index is 12.4. The molecule has 0 aromatic heterocycles. The molecule has 0 atom stereocenters. The zero-order chi connectivity index (χ0) is 15.9. The van der Waals surface area contributed by atoms with E-state index in [1.807, 2.05) is 29.2 Å². The van der Waals surface area contributed by atoms with Crippen molar-refractivity contribution in [1.29, 1.82) is 0 Å². The molecule has 1 saturated heterocycles. The maximum atomic E-state index is 12.4. The van der Waals surface area contributed by atoms with Crippen LogP contribution in [0.5, 0.6) is 5.75 Å². The molecule has 2 rings (SSSR count). The molecule has 0 unspecified atom stereocenters. The van der Waals surface area contributed by atoms with E-state index in [-0.39, 0.29) is 23.7 Å². The lowest BCUT2D eigenvalue weighted by Crippen LogP contribution is -2.47. The van der Waals surface area contributed by atoms with E-state index in [0.29, 0.717) is 19.5 Å². The number of halogens is 1. The monoisotopic (exact) mass is 324 g/mol. The van der Waals surface area contributed by atoms with Gasteiger partial charge in [-0.3, -0.25) is 9.59 Å². The van der Waals surface area contributed by atoms with Gasteiger partial charge in [-0.15, -0.1) is 11.6 Å². The van der Waals surface area contributed by atoms with Gasteiger partial charge >= 0.3 is 0 Å². The van der Waals surface area contributed by atoms with Gasteiger partial charge in [0.25, 0.3) is 0 Å². The molecule has 1 aliphatic heterocycles. The highest BCUT2D eigenvalue weighted by Gasteiger charge is 2.24. The van der Waals surface area contributed by atoms with Gasteiger partial charge in [-0.1, -0.05) is 18.2 Å². The lowest BCUT2D eigenvalue weighted by molar-refractivity contribution is -0.131. The van der Waals surface area contributed by atoms with Gasteiger partial charge in [0.15, 0.2) is 0 Å². The molecule has 0 saturated carbocycles. The van der Waals surface area contributed by atoms with E-state index in [0.717, 1.165) is 24.2 Å². The second-order valence-electron chi connectivity index (χ2n) is 5.34. The van der Waals surface area contributed by atoms with Crippen molar-refractivity contribution in [3.63, 3.8) is 0 Å². The van der Waals surface area contributed by atoms with Gasteiger partial charge in [-0.05, 0) is 18.9 Å². The normalized spacial score (nSPS) is 15.5. The van der Waals surface area contributed by atoms with E-state index in [2.05, 4.69) is 5.32 Å². The Labute approximate surface area is 135 Å². The highest BCUT2D eigenvalue weighted by Crippen LogP contribution is 2.19. The number of ether oxygens (including phenoxy) is 1. The number of amides is 2. The molecule has 1 N–H and O–H groups in total. The summed E-state index contributed by atoms with van der Waals surface area (Å²) in [5, 5.41) is 2.87. The molecule has 6 heteroatoms. The quantitative estimate of drug-likeness (QED) is 0.837. The summed E-state index contributed by atoms with van der Waals surface area (Å²) in [7, 11) is 1.61. The van der Waals surface area contributed by atoms with Crippen LogP contribution in [-0.4, -0.2) is 48.8 Å². The summed E-state index contributed by atoms with van der Waals surface area (Å²) >= 11 is 5.48. The van der Waals surface area contributed by atoms with Gasteiger partial charge in [0.2, 0.25) is 11.8 Å². The minimum atomic E-state index is -0.152. The topological polar surface area (TPSA) is 58.6 Å². The molecule has 0 aliphatic carbocycles. The highest BCUT2D eigenvalue weighted by molar-refractivity contribution is 6.27. The first-order valence-corrected chi connectivity index (χ1v) is 7.92. The van der Waals surface area contributed by atoms with Crippen LogP contribution in [0.15, 0.2) is 24.3 Å². The van der Waals surface area contributed by atoms with Crippen LogP contribution in [0.2, 0.25) is 0 Å². The molecule has 0 bridgehead atoms. The molecule has 1 fully saturated rings. The van der Waals surface area contributed by atoms with Crippen molar-refractivity contribution < 1.29 is 14.3 Å². The smallest absolute Gasteiger partial charge is 0.235 e. The average Bonchev–Trinajstić information content (AvgIpc) is 2.55. The Bertz CT molecular complexity index is 528. The van der Waals surface area contributed by atoms with Crippen LogP contribution in [0.1, 0.15) is 18.4 Å². The van der Waals surface area contributed by atoms with E-state index < -0.39 is 0 Å². The summed E-state index contributed by atoms with van der Waals surface area (Å²) in [5.74, 6) is 0.652. The van der Waals surface area contributed by atoms with Crippen LogP contribution < -0.4 is 10.1 Å². The SMILES string of the molecule is COc1ccccc1CC(=O)N1CCC(NC(=O)CCl)CC1. The lowest BCUT2D eigenvalue weighted by Gasteiger charge is -2.32. The van der Waals surface area contributed by atoms with Crippen molar-refractivity contribution in [2.24, 2.45) is 0 Å². The number of hydrogen-bond acceptors (Lipinski definition) is 3. The maximum Gasteiger partial charge on any atom is 0.235 e. The van der Waals surface area contributed by atoms with Crippen LogP contribution in [0, 0.1) is 0 Å². The number of carbonyl (C=O) groups is 2. The van der Waals surface area contributed by atoms with Crippen LogP contribution in [0.4, 0.5) is 0 Å². The van der Waals surface area contributed by atoms with Gasteiger partial charge in [-0.2, -0.15) is 0 Å². The lowest BCUT2D eigenvalue weighted by atomic mass is 10.0. The first-order chi connectivity index (χ1) is 10.6. The number of benzene rings is 1. The number of nitrogens with zero attached hydrogens (tertiary/aromatic N) is 1. The fourth-order valence-electron chi connectivity index (χ4n) is 2.66. The van der Waals surface area contributed by atoms with Gasteiger partial charge in [-0.25, -0.2) is 0 Å². The number of piperidine rings is 1. The molecule has 22 heavy (non-hydrogen) atoms. The largest absolute Gasteiger partial charge is 0.496 e. The summed E-state index contributed by atoms with van der Waals surface area (Å²) in [5.41, 5.74) is 0.896. The molecule has 0 radical (unpaired) electrons. The van der Waals surface area contributed by atoms with E-state index in [9.17, 15) is 9.59 Å². The van der Waals surface area contributed by atoms with Crippen molar-refractivity contribution in [2.45, 2.75) is 25.3 Å². The third-order valence-electron chi connectivity index (χ3n) is 3.87. The molecule has 5 nitrogen and oxygen atoms in total. The van der Waals surface area contributed by atoms with E-state index in [4.69, 9.17) is 16.3 Å². The molecule has 0 spiro atoms. The first-order valence-electron chi connectivity index (χ1n) is 7.39.